The van der Waals surface area contributed by atoms with E-state index in [0.717, 1.165) is 44.7 Å². The minimum absolute atomic E-state index is 0.345. The molecule has 0 N–H and O–H groups in total. The Labute approximate surface area is 217 Å². The number of ether oxygens (including phenoxy) is 2. The molecule has 8 heteroatoms. The number of fused-ring (bicyclic) bond motifs is 1. The van der Waals surface area contributed by atoms with Gasteiger partial charge >= 0.3 is 5.97 Å². The molecule has 0 aliphatic heterocycles. The highest BCUT2D eigenvalue weighted by molar-refractivity contribution is 7.99. The van der Waals surface area contributed by atoms with Crippen molar-refractivity contribution in [2.75, 3.05) is 13.7 Å². The molecule has 186 valence electrons. The summed E-state index contributed by atoms with van der Waals surface area (Å²) in [5.41, 5.74) is 3.26. The van der Waals surface area contributed by atoms with Crippen LogP contribution in [0.25, 0.3) is 23.1 Å². The lowest BCUT2D eigenvalue weighted by atomic mass is 10.2. The Morgan fingerprint density at radius 2 is 1.86 bits per heavy atom. The van der Waals surface area contributed by atoms with E-state index in [-0.39, 0.29) is 5.97 Å². The molecule has 2 heterocycles. The molecular formula is C28H31N3O3SSi. The highest BCUT2D eigenvalue weighted by Crippen LogP contribution is 2.34. The molecule has 36 heavy (non-hydrogen) atoms. The van der Waals surface area contributed by atoms with Crippen LogP contribution in [0.3, 0.4) is 0 Å². The molecule has 0 atom stereocenters. The first kappa shape index (κ1) is 25.9. The van der Waals surface area contributed by atoms with Gasteiger partial charge in [0.15, 0.2) is 0 Å². The highest BCUT2D eigenvalue weighted by atomic mass is 32.2. The predicted octanol–water partition coefficient (Wildman–Crippen LogP) is 6.85. The molecule has 0 saturated heterocycles. The van der Waals surface area contributed by atoms with Gasteiger partial charge in [-0.05, 0) is 60.7 Å². The lowest BCUT2D eigenvalue weighted by Crippen LogP contribution is -2.22. The third-order valence-corrected chi connectivity index (χ3v) is 8.35. The SMILES string of the molecule is COC(=O)c1ccccc1Sc1ccc2c(C=Cc3ccccn3)nn(COCC[Si](C)(C)C)c2c1. The number of methoxy groups -OCH3 is 1. The van der Waals surface area contributed by atoms with Crippen LogP contribution in [0.5, 0.6) is 0 Å². The number of pyridine rings is 1. The summed E-state index contributed by atoms with van der Waals surface area (Å²) in [4.78, 5) is 18.4. The van der Waals surface area contributed by atoms with Crippen molar-refractivity contribution in [2.45, 2.75) is 42.2 Å². The maximum atomic E-state index is 12.2. The second-order valence-electron chi connectivity index (χ2n) is 9.59. The van der Waals surface area contributed by atoms with Gasteiger partial charge < -0.3 is 9.47 Å². The van der Waals surface area contributed by atoms with Crippen LogP contribution in [0.4, 0.5) is 0 Å². The molecule has 4 rings (SSSR count). The van der Waals surface area contributed by atoms with Crippen LogP contribution in [-0.2, 0) is 16.2 Å². The fourth-order valence-electron chi connectivity index (χ4n) is 3.59. The molecule has 6 nitrogen and oxygen atoms in total. The second-order valence-corrected chi connectivity index (χ2v) is 16.3. The summed E-state index contributed by atoms with van der Waals surface area (Å²) in [7, 11) is 0.221. The Bertz CT molecular complexity index is 1360. The highest BCUT2D eigenvalue weighted by Gasteiger charge is 2.15. The van der Waals surface area contributed by atoms with Crippen LogP contribution in [0.15, 0.2) is 76.7 Å². The molecule has 0 radical (unpaired) electrons. The van der Waals surface area contributed by atoms with E-state index in [1.807, 2.05) is 53.2 Å². The molecule has 4 aromatic rings. The largest absolute Gasteiger partial charge is 0.465 e. The molecule has 0 bridgehead atoms. The Hall–Kier alpha value is -3.20. The number of aromatic nitrogens is 3. The normalized spacial score (nSPS) is 11.9. The Morgan fingerprint density at radius 1 is 1.06 bits per heavy atom. The minimum atomic E-state index is -1.18. The van der Waals surface area contributed by atoms with Gasteiger partial charge in [-0.1, -0.05) is 49.6 Å². The van der Waals surface area contributed by atoms with E-state index in [9.17, 15) is 4.79 Å². The van der Waals surface area contributed by atoms with Gasteiger partial charge in [0.2, 0.25) is 0 Å². The van der Waals surface area contributed by atoms with Gasteiger partial charge in [-0.15, -0.1) is 0 Å². The maximum Gasteiger partial charge on any atom is 0.339 e. The monoisotopic (exact) mass is 517 g/mol. The number of hydrogen-bond donors (Lipinski definition) is 0. The molecule has 0 aliphatic carbocycles. The zero-order chi connectivity index (χ0) is 25.5. The van der Waals surface area contributed by atoms with Crippen LogP contribution in [-0.4, -0.2) is 42.5 Å². The third-order valence-electron chi connectivity index (χ3n) is 5.58. The van der Waals surface area contributed by atoms with Gasteiger partial charge in [-0.3, -0.25) is 4.98 Å². The summed E-state index contributed by atoms with van der Waals surface area (Å²) >= 11 is 1.53. The average molecular weight is 518 g/mol. The summed E-state index contributed by atoms with van der Waals surface area (Å²) in [6, 6.07) is 20.6. The summed E-state index contributed by atoms with van der Waals surface area (Å²) in [5, 5.41) is 5.88. The van der Waals surface area contributed by atoms with E-state index in [1.54, 1.807) is 12.3 Å². The van der Waals surface area contributed by atoms with Gasteiger partial charge in [0.25, 0.3) is 0 Å². The fourth-order valence-corrected chi connectivity index (χ4v) is 5.32. The average Bonchev–Trinajstić information content (AvgIpc) is 3.22. The number of carbonyl (C=O) groups is 1. The summed E-state index contributed by atoms with van der Waals surface area (Å²) in [5.74, 6) is -0.345. The summed E-state index contributed by atoms with van der Waals surface area (Å²) in [6.07, 6.45) is 5.73. The second kappa shape index (κ2) is 11.7. The van der Waals surface area contributed by atoms with E-state index in [0.29, 0.717) is 12.3 Å². The lowest BCUT2D eigenvalue weighted by molar-refractivity contribution is 0.0596. The van der Waals surface area contributed by atoms with Gasteiger partial charge in [-0.25, -0.2) is 9.48 Å². The molecular weight excluding hydrogens is 486 g/mol. The molecule has 0 amide bonds. The van der Waals surface area contributed by atoms with Crippen molar-refractivity contribution >= 4 is 48.9 Å². The van der Waals surface area contributed by atoms with E-state index in [4.69, 9.17) is 14.6 Å². The standard InChI is InChI=1S/C28H31N3O3SSi/c1-33-28(32)24-10-5-6-11-27(24)35-22-13-14-23-25(15-12-21-9-7-8-16-29-21)30-31(26(23)19-22)20-34-17-18-36(2,3)4/h5-16,19H,17-18,20H2,1-4H3. The van der Waals surface area contributed by atoms with Crippen LogP contribution >= 0.6 is 11.8 Å². The quantitative estimate of drug-likeness (QED) is 0.130. The number of nitrogens with zero attached hydrogens (tertiary/aromatic N) is 3. The van der Waals surface area contributed by atoms with E-state index in [1.165, 1.54) is 18.9 Å². The number of esters is 1. The maximum absolute atomic E-state index is 12.2. The molecule has 0 fully saturated rings. The number of carbonyl (C=O) groups excluding carboxylic acids is 1. The van der Waals surface area contributed by atoms with E-state index < -0.39 is 8.07 Å². The van der Waals surface area contributed by atoms with E-state index in [2.05, 4.69) is 42.8 Å². The smallest absolute Gasteiger partial charge is 0.339 e. The Balaban J connectivity index is 1.65. The zero-order valence-corrected chi connectivity index (χ0v) is 22.9. The third kappa shape index (κ3) is 6.72. The lowest BCUT2D eigenvalue weighted by Gasteiger charge is -2.15. The van der Waals surface area contributed by atoms with Crippen LogP contribution in [0.1, 0.15) is 21.7 Å². The first-order valence-electron chi connectivity index (χ1n) is 11.9. The van der Waals surface area contributed by atoms with Crippen molar-refractivity contribution in [3.05, 3.63) is 83.8 Å². The van der Waals surface area contributed by atoms with Crippen molar-refractivity contribution < 1.29 is 14.3 Å². The Morgan fingerprint density at radius 3 is 2.61 bits per heavy atom. The molecule has 0 aliphatic rings. The summed E-state index contributed by atoms with van der Waals surface area (Å²) < 4.78 is 12.9. The fraction of sp³-hybridized carbons (Fsp3) is 0.250. The predicted molar refractivity (Wildman–Crippen MR) is 149 cm³/mol. The van der Waals surface area contributed by atoms with Gasteiger partial charge in [0, 0.05) is 36.1 Å². The van der Waals surface area contributed by atoms with Crippen molar-refractivity contribution in [3.8, 4) is 0 Å². The number of hydrogen-bond acceptors (Lipinski definition) is 6. The molecule has 2 aromatic heterocycles. The Kier molecular flexibility index (Phi) is 8.40. The van der Waals surface area contributed by atoms with Crippen molar-refractivity contribution in [1.82, 2.24) is 14.8 Å². The topological polar surface area (TPSA) is 66.2 Å². The van der Waals surface area contributed by atoms with Crippen molar-refractivity contribution in [3.63, 3.8) is 0 Å². The minimum Gasteiger partial charge on any atom is -0.465 e. The summed E-state index contributed by atoms with van der Waals surface area (Å²) in [6.45, 7) is 8.13. The van der Waals surface area contributed by atoms with Gasteiger partial charge in [0.1, 0.15) is 6.73 Å². The molecule has 0 saturated carbocycles. The number of benzene rings is 2. The zero-order valence-electron chi connectivity index (χ0n) is 21.1. The van der Waals surface area contributed by atoms with Gasteiger partial charge in [-0.2, -0.15) is 5.10 Å². The van der Waals surface area contributed by atoms with Crippen molar-refractivity contribution in [1.29, 1.82) is 0 Å². The molecule has 0 unspecified atom stereocenters. The van der Waals surface area contributed by atoms with Crippen LogP contribution in [0, 0.1) is 0 Å². The van der Waals surface area contributed by atoms with Gasteiger partial charge in [0.05, 0.1) is 29.6 Å². The molecule has 0 spiro atoms. The van der Waals surface area contributed by atoms with E-state index >= 15 is 0 Å². The number of rotatable bonds is 10. The first-order valence-corrected chi connectivity index (χ1v) is 16.4. The first-order chi connectivity index (χ1) is 17.3. The van der Waals surface area contributed by atoms with Crippen molar-refractivity contribution in [2.24, 2.45) is 0 Å². The molecule has 2 aromatic carbocycles. The van der Waals surface area contributed by atoms with Crippen LogP contribution in [0.2, 0.25) is 25.7 Å². The van der Waals surface area contributed by atoms with Crippen LogP contribution < -0.4 is 0 Å².